The number of aryl methyl sites for hydroxylation is 1. The molecule has 3 aromatic carbocycles. The molecule has 1 N–H and O–H groups in total. The molecule has 0 saturated carbocycles. The van der Waals surface area contributed by atoms with E-state index in [0.717, 1.165) is 12.0 Å². The van der Waals surface area contributed by atoms with Crippen molar-refractivity contribution in [3.05, 3.63) is 94.3 Å². The van der Waals surface area contributed by atoms with Crippen molar-refractivity contribution in [1.29, 1.82) is 0 Å². The largest absolute Gasteiger partial charge is 0.497 e. The fraction of sp³-hybridized carbons (Fsp3) is 0.125. The first-order valence-electron chi connectivity index (χ1n) is 9.67. The fourth-order valence-corrected chi connectivity index (χ4v) is 3.25. The smallest absolute Gasteiger partial charge is 0.280 e. The van der Waals surface area contributed by atoms with Gasteiger partial charge in [0.2, 0.25) is 0 Å². The minimum atomic E-state index is -0.388. The van der Waals surface area contributed by atoms with Crippen molar-refractivity contribution in [2.24, 2.45) is 0 Å². The first kappa shape index (κ1) is 19.4. The highest BCUT2D eigenvalue weighted by atomic mass is 16.5. The maximum atomic E-state index is 13.2. The highest BCUT2D eigenvalue weighted by Crippen LogP contribution is 2.23. The Hall–Kier alpha value is -3.93. The zero-order valence-corrected chi connectivity index (χ0v) is 16.8. The van der Waals surface area contributed by atoms with E-state index in [-0.39, 0.29) is 11.5 Å². The van der Waals surface area contributed by atoms with Gasteiger partial charge in [0.25, 0.3) is 11.5 Å². The van der Waals surface area contributed by atoms with Crippen molar-refractivity contribution >= 4 is 16.8 Å². The quantitative estimate of drug-likeness (QED) is 0.550. The number of methoxy groups -OCH3 is 1. The van der Waals surface area contributed by atoms with E-state index in [1.807, 2.05) is 30.3 Å². The Bertz CT molecular complexity index is 1280. The van der Waals surface area contributed by atoms with Gasteiger partial charge >= 0.3 is 0 Å². The van der Waals surface area contributed by atoms with Gasteiger partial charge < -0.3 is 4.74 Å². The summed E-state index contributed by atoms with van der Waals surface area (Å²) in [5.41, 5.74) is 5.17. The Morgan fingerprint density at radius 3 is 2.53 bits per heavy atom. The van der Waals surface area contributed by atoms with E-state index in [2.05, 4.69) is 17.3 Å². The third-order valence-corrected chi connectivity index (χ3v) is 4.94. The monoisotopic (exact) mass is 399 g/mol. The van der Waals surface area contributed by atoms with Crippen LogP contribution in [0.1, 0.15) is 22.8 Å². The molecule has 0 aliphatic rings. The van der Waals surface area contributed by atoms with E-state index >= 15 is 0 Å². The molecule has 6 heteroatoms. The fourth-order valence-electron chi connectivity index (χ4n) is 3.25. The number of hydrogen-bond acceptors (Lipinski definition) is 4. The number of aromatic nitrogens is 2. The van der Waals surface area contributed by atoms with Gasteiger partial charge in [-0.1, -0.05) is 43.3 Å². The Kier molecular flexibility index (Phi) is 5.30. The van der Waals surface area contributed by atoms with Crippen LogP contribution in [0.2, 0.25) is 0 Å². The van der Waals surface area contributed by atoms with Crippen molar-refractivity contribution in [3.63, 3.8) is 0 Å². The number of rotatable bonds is 5. The average molecular weight is 399 g/mol. The second-order valence-electron chi connectivity index (χ2n) is 6.82. The summed E-state index contributed by atoms with van der Waals surface area (Å²) in [5.74, 6) is 0.569. The molecule has 6 nitrogen and oxygen atoms in total. The number of fused-ring (bicyclic) bond motifs is 1. The summed E-state index contributed by atoms with van der Waals surface area (Å²) in [6, 6.07) is 21.6. The SMILES string of the molecule is CCc1ccc(C(=O)Nn2c(-c3cccc(OC)c3)nc3ccccc3c2=O)cc1. The first-order chi connectivity index (χ1) is 14.6. The van der Waals surface area contributed by atoms with Gasteiger partial charge in [0.1, 0.15) is 5.75 Å². The van der Waals surface area contributed by atoms with Crippen molar-refractivity contribution in [2.75, 3.05) is 12.5 Å². The lowest BCUT2D eigenvalue weighted by atomic mass is 10.1. The van der Waals surface area contributed by atoms with E-state index in [1.165, 1.54) is 4.68 Å². The Morgan fingerprint density at radius 1 is 1.03 bits per heavy atom. The second-order valence-corrected chi connectivity index (χ2v) is 6.82. The summed E-state index contributed by atoms with van der Waals surface area (Å²) in [6.45, 7) is 2.05. The zero-order valence-electron chi connectivity index (χ0n) is 16.8. The molecule has 150 valence electrons. The topological polar surface area (TPSA) is 73.2 Å². The van der Waals surface area contributed by atoms with Crippen molar-refractivity contribution in [2.45, 2.75) is 13.3 Å². The Balaban J connectivity index is 1.85. The number of carbonyl (C=O) groups excluding carboxylic acids is 1. The van der Waals surface area contributed by atoms with Crippen LogP contribution in [0.5, 0.6) is 5.75 Å². The lowest BCUT2D eigenvalue weighted by molar-refractivity contribution is 0.101. The normalized spacial score (nSPS) is 10.7. The lowest BCUT2D eigenvalue weighted by Crippen LogP contribution is -2.35. The van der Waals surface area contributed by atoms with Gasteiger partial charge in [-0.3, -0.25) is 15.0 Å². The van der Waals surface area contributed by atoms with Crippen LogP contribution in [-0.2, 0) is 6.42 Å². The first-order valence-corrected chi connectivity index (χ1v) is 9.67. The van der Waals surface area contributed by atoms with Crippen LogP contribution in [0, 0.1) is 0 Å². The highest BCUT2D eigenvalue weighted by Gasteiger charge is 2.16. The maximum Gasteiger partial charge on any atom is 0.280 e. The number of para-hydroxylation sites is 1. The second kappa shape index (κ2) is 8.21. The number of amides is 1. The molecule has 30 heavy (non-hydrogen) atoms. The van der Waals surface area contributed by atoms with E-state index in [4.69, 9.17) is 4.74 Å². The molecule has 0 radical (unpaired) electrons. The van der Waals surface area contributed by atoms with Gasteiger partial charge in [-0.2, -0.15) is 4.68 Å². The third kappa shape index (κ3) is 3.67. The number of nitrogens with zero attached hydrogens (tertiary/aromatic N) is 2. The minimum absolute atomic E-state index is 0.330. The average Bonchev–Trinajstić information content (AvgIpc) is 2.80. The number of carbonyl (C=O) groups is 1. The highest BCUT2D eigenvalue weighted by molar-refractivity contribution is 6.00. The Morgan fingerprint density at radius 2 is 1.80 bits per heavy atom. The molecule has 0 spiro atoms. The van der Waals surface area contributed by atoms with Gasteiger partial charge in [-0.05, 0) is 48.4 Å². The van der Waals surface area contributed by atoms with Gasteiger partial charge in [0.05, 0.1) is 18.0 Å². The van der Waals surface area contributed by atoms with Gasteiger partial charge in [0.15, 0.2) is 5.82 Å². The Labute approximate surface area is 173 Å². The van der Waals surface area contributed by atoms with E-state index in [0.29, 0.717) is 33.6 Å². The summed E-state index contributed by atoms with van der Waals surface area (Å²) in [7, 11) is 1.57. The van der Waals surface area contributed by atoms with Crippen LogP contribution in [0.15, 0.2) is 77.6 Å². The van der Waals surface area contributed by atoms with E-state index in [9.17, 15) is 9.59 Å². The molecule has 4 aromatic rings. The molecule has 0 aliphatic carbocycles. The number of nitrogens with one attached hydrogen (secondary N) is 1. The molecule has 1 aromatic heterocycles. The van der Waals surface area contributed by atoms with Crippen molar-refractivity contribution in [1.82, 2.24) is 9.66 Å². The van der Waals surface area contributed by atoms with Crippen LogP contribution >= 0.6 is 0 Å². The van der Waals surface area contributed by atoms with Crippen LogP contribution < -0.4 is 15.7 Å². The summed E-state index contributed by atoms with van der Waals surface area (Å²) in [5, 5.41) is 0.422. The van der Waals surface area contributed by atoms with Crippen LogP contribution in [-0.4, -0.2) is 22.7 Å². The van der Waals surface area contributed by atoms with Gasteiger partial charge in [-0.25, -0.2) is 4.98 Å². The van der Waals surface area contributed by atoms with Crippen molar-refractivity contribution in [3.8, 4) is 17.1 Å². The molecule has 0 aliphatic heterocycles. The lowest BCUT2D eigenvalue weighted by Gasteiger charge is -2.15. The maximum absolute atomic E-state index is 13.2. The molecule has 1 heterocycles. The number of ether oxygens (including phenoxy) is 1. The number of hydrogen-bond donors (Lipinski definition) is 1. The van der Waals surface area contributed by atoms with Gasteiger partial charge in [0, 0.05) is 11.1 Å². The molecule has 4 rings (SSSR count). The predicted octanol–water partition coefficient (Wildman–Crippen LogP) is 4.02. The van der Waals surface area contributed by atoms with Crippen molar-refractivity contribution < 1.29 is 9.53 Å². The molecule has 0 fully saturated rings. The molecule has 0 saturated heterocycles. The van der Waals surface area contributed by atoms with Gasteiger partial charge in [-0.15, -0.1) is 0 Å². The van der Waals surface area contributed by atoms with Crippen LogP contribution in [0.25, 0.3) is 22.3 Å². The molecular weight excluding hydrogens is 378 g/mol. The van der Waals surface area contributed by atoms with E-state index < -0.39 is 0 Å². The minimum Gasteiger partial charge on any atom is -0.497 e. The molecule has 1 amide bonds. The summed E-state index contributed by atoms with van der Waals surface area (Å²) in [6.07, 6.45) is 0.885. The zero-order chi connectivity index (χ0) is 21.1. The summed E-state index contributed by atoms with van der Waals surface area (Å²) < 4.78 is 6.51. The molecule has 0 bridgehead atoms. The predicted molar refractivity (Wildman–Crippen MR) is 118 cm³/mol. The molecular formula is C24H21N3O3. The standard InChI is InChI=1S/C24H21N3O3/c1-3-16-11-13-17(14-12-16)23(28)26-27-22(18-7-6-8-19(15-18)30-2)25-21-10-5-4-9-20(21)24(27)29/h4-15H,3H2,1-2H3,(H,26,28). The summed E-state index contributed by atoms with van der Waals surface area (Å²) in [4.78, 5) is 30.8. The van der Waals surface area contributed by atoms with E-state index in [1.54, 1.807) is 49.6 Å². The van der Waals surface area contributed by atoms with Crippen LogP contribution in [0.3, 0.4) is 0 Å². The third-order valence-electron chi connectivity index (χ3n) is 4.94. The number of benzene rings is 3. The van der Waals surface area contributed by atoms with Crippen LogP contribution in [0.4, 0.5) is 0 Å². The molecule has 0 unspecified atom stereocenters. The summed E-state index contributed by atoms with van der Waals surface area (Å²) >= 11 is 0. The molecule has 0 atom stereocenters.